The van der Waals surface area contributed by atoms with Gasteiger partial charge < -0.3 is 9.47 Å². The van der Waals surface area contributed by atoms with Gasteiger partial charge >= 0.3 is 0 Å². The minimum Gasteiger partial charge on any atom is -0.339 e. The molecule has 0 N–H and O–H groups in total. The van der Waals surface area contributed by atoms with Crippen molar-refractivity contribution in [1.82, 2.24) is 19.4 Å². The molecule has 1 aliphatic rings. The van der Waals surface area contributed by atoms with Crippen LogP contribution in [0.25, 0.3) is 11.4 Å². The van der Waals surface area contributed by atoms with Gasteiger partial charge in [-0.3, -0.25) is 9.78 Å². The Kier molecular flexibility index (Phi) is 5.89. The van der Waals surface area contributed by atoms with E-state index in [2.05, 4.69) is 27.5 Å². The lowest BCUT2D eigenvalue weighted by Gasteiger charge is -2.32. The first-order valence-electron chi connectivity index (χ1n) is 10.4. The Balaban J connectivity index is 1.33. The number of carbonyl (C=O) groups excluding carboxylic acids is 1. The molecule has 0 radical (unpaired) electrons. The molecule has 0 unspecified atom stereocenters. The van der Waals surface area contributed by atoms with E-state index in [9.17, 15) is 4.79 Å². The van der Waals surface area contributed by atoms with E-state index in [0.29, 0.717) is 17.0 Å². The molecule has 30 heavy (non-hydrogen) atoms. The number of piperidine rings is 1. The standard InChI is InChI=1S/C24H25N5O/c1-18-16-27-23(22-3-2-11-26-17-22)29(18)14-10-19-8-12-28(13-9-19)24(30)21-6-4-20(15-25)5-7-21/h2-7,11,16-17,19H,8-10,12-14H2,1H3. The van der Waals surface area contributed by atoms with E-state index in [1.54, 1.807) is 30.5 Å². The Bertz CT molecular complexity index is 1040. The quantitative estimate of drug-likeness (QED) is 0.648. The predicted molar refractivity (Wildman–Crippen MR) is 115 cm³/mol. The fourth-order valence-corrected chi connectivity index (χ4v) is 4.07. The van der Waals surface area contributed by atoms with Crippen molar-refractivity contribution in [2.24, 2.45) is 5.92 Å². The number of imidazole rings is 1. The van der Waals surface area contributed by atoms with E-state index in [0.717, 1.165) is 56.0 Å². The highest BCUT2D eigenvalue weighted by Crippen LogP contribution is 2.25. The number of hydrogen-bond acceptors (Lipinski definition) is 4. The number of nitriles is 1. The van der Waals surface area contributed by atoms with E-state index >= 15 is 0 Å². The van der Waals surface area contributed by atoms with Gasteiger partial charge in [0.1, 0.15) is 5.82 Å². The summed E-state index contributed by atoms with van der Waals surface area (Å²) in [5.41, 5.74) is 3.42. The number of aryl methyl sites for hydroxylation is 1. The second kappa shape index (κ2) is 8.91. The van der Waals surface area contributed by atoms with Crippen LogP contribution in [0.3, 0.4) is 0 Å². The fourth-order valence-electron chi connectivity index (χ4n) is 4.07. The molecule has 6 nitrogen and oxygen atoms in total. The molecule has 0 atom stereocenters. The lowest BCUT2D eigenvalue weighted by molar-refractivity contribution is 0.0685. The molecule has 0 bridgehead atoms. The van der Waals surface area contributed by atoms with Gasteiger partial charge in [0.05, 0.1) is 11.6 Å². The number of benzene rings is 1. The van der Waals surface area contributed by atoms with Crippen LogP contribution in [-0.2, 0) is 6.54 Å². The van der Waals surface area contributed by atoms with Gasteiger partial charge in [-0.15, -0.1) is 0 Å². The van der Waals surface area contributed by atoms with E-state index in [-0.39, 0.29) is 5.91 Å². The summed E-state index contributed by atoms with van der Waals surface area (Å²) < 4.78 is 2.27. The van der Waals surface area contributed by atoms with Crippen LogP contribution in [0.4, 0.5) is 0 Å². The summed E-state index contributed by atoms with van der Waals surface area (Å²) in [7, 11) is 0. The molecule has 0 saturated carbocycles. The molecule has 6 heteroatoms. The number of carbonyl (C=O) groups is 1. The van der Waals surface area contributed by atoms with Crippen LogP contribution in [0.2, 0.25) is 0 Å². The van der Waals surface area contributed by atoms with Crippen molar-refractivity contribution in [3.8, 4) is 17.5 Å². The molecule has 1 amide bonds. The summed E-state index contributed by atoms with van der Waals surface area (Å²) >= 11 is 0. The van der Waals surface area contributed by atoms with Crippen molar-refractivity contribution in [2.45, 2.75) is 32.7 Å². The largest absolute Gasteiger partial charge is 0.339 e. The highest BCUT2D eigenvalue weighted by Gasteiger charge is 2.24. The summed E-state index contributed by atoms with van der Waals surface area (Å²) in [5.74, 6) is 1.62. The third-order valence-electron chi connectivity index (χ3n) is 5.90. The second-order valence-electron chi connectivity index (χ2n) is 7.83. The Hall–Kier alpha value is -3.46. The predicted octanol–water partition coefficient (Wildman–Crippen LogP) is 4.07. The van der Waals surface area contributed by atoms with Crippen LogP contribution < -0.4 is 0 Å². The van der Waals surface area contributed by atoms with Crippen molar-refractivity contribution < 1.29 is 4.79 Å². The van der Waals surface area contributed by atoms with Crippen molar-refractivity contribution in [3.05, 3.63) is 71.8 Å². The van der Waals surface area contributed by atoms with Crippen molar-refractivity contribution >= 4 is 5.91 Å². The first kappa shape index (κ1) is 19.8. The average molecular weight is 399 g/mol. The number of rotatable bonds is 5. The Morgan fingerprint density at radius 1 is 1.17 bits per heavy atom. The molecule has 152 valence electrons. The number of likely N-dealkylation sites (tertiary alicyclic amines) is 1. The summed E-state index contributed by atoms with van der Waals surface area (Å²) in [6.07, 6.45) is 8.64. The van der Waals surface area contributed by atoms with E-state index in [1.807, 2.05) is 29.4 Å². The van der Waals surface area contributed by atoms with E-state index < -0.39 is 0 Å². The molecule has 1 fully saturated rings. The van der Waals surface area contributed by atoms with Crippen LogP contribution in [0, 0.1) is 24.2 Å². The molecule has 0 aliphatic carbocycles. The Morgan fingerprint density at radius 2 is 1.93 bits per heavy atom. The summed E-state index contributed by atoms with van der Waals surface area (Å²) in [5, 5.41) is 8.91. The maximum atomic E-state index is 12.7. The maximum absolute atomic E-state index is 12.7. The molecule has 1 aliphatic heterocycles. The monoisotopic (exact) mass is 399 g/mol. The average Bonchev–Trinajstić information content (AvgIpc) is 3.18. The summed E-state index contributed by atoms with van der Waals surface area (Å²) in [6, 6.07) is 13.0. The van der Waals surface area contributed by atoms with Crippen LogP contribution in [0.15, 0.2) is 55.0 Å². The minimum absolute atomic E-state index is 0.0576. The number of hydrogen-bond donors (Lipinski definition) is 0. The Morgan fingerprint density at radius 3 is 2.60 bits per heavy atom. The van der Waals surface area contributed by atoms with E-state index in [1.165, 1.54) is 0 Å². The van der Waals surface area contributed by atoms with Gasteiger partial charge in [-0.2, -0.15) is 5.26 Å². The van der Waals surface area contributed by atoms with Gasteiger partial charge in [0, 0.05) is 55.0 Å². The summed E-state index contributed by atoms with van der Waals surface area (Å²) in [4.78, 5) is 23.4. The molecule has 3 heterocycles. The van der Waals surface area contributed by atoms with Crippen molar-refractivity contribution in [3.63, 3.8) is 0 Å². The molecular formula is C24H25N5O. The number of amides is 1. The van der Waals surface area contributed by atoms with Crippen LogP contribution >= 0.6 is 0 Å². The number of aromatic nitrogens is 3. The van der Waals surface area contributed by atoms with Crippen LogP contribution in [0.1, 0.15) is 40.9 Å². The first-order valence-corrected chi connectivity index (χ1v) is 10.4. The third kappa shape index (κ3) is 4.25. The van der Waals surface area contributed by atoms with Gasteiger partial charge in [-0.1, -0.05) is 0 Å². The van der Waals surface area contributed by atoms with Crippen molar-refractivity contribution in [1.29, 1.82) is 5.26 Å². The van der Waals surface area contributed by atoms with E-state index in [4.69, 9.17) is 5.26 Å². The van der Waals surface area contributed by atoms with Gasteiger partial charge in [0.15, 0.2) is 0 Å². The zero-order valence-corrected chi connectivity index (χ0v) is 17.2. The van der Waals surface area contributed by atoms with Gasteiger partial charge in [-0.25, -0.2) is 4.98 Å². The SMILES string of the molecule is Cc1cnc(-c2cccnc2)n1CCC1CCN(C(=O)c2ccc(C#N)cc2)CC1. The molecule has 3 aromatic rings. The van der Waals surface area contributed by atoms with Gasteiger partial charge in [-0.05, 0) is 68.5 Å². The number of nitrogens with zero attached hydrogens (tertiary/aromatic N) is 5. The van der Waals surface area contributed by atoms with Gasteiger partial charge in [0.2, 0.25) is 0 Å². The molecule has 0 spiro atoms. The third-order valence-corrected chi connectivity index (χ3v) is 5.90. The zero-order chi connectivity index (χ0) is 20.9. The highest BCUT2D eigenvalue weighted by molar-refractivity contribution is 5.94. The minimum atomic E-state index is 0.0576. The second-order valence-corrected chi connectivity index (χ2v) is 7.83. The molecule has 1 saturated heterocycles. The zero-order valence-electron chi connectivity index (χ0n) is 17.2. The summed E-state index contributed by atoms with van der Waals surface area (Å²) in [6.45, 7) is 4.57. The molecule has 4 rings (SSSR count). The van der Waals surface area contributed by atoms with Crippen LogP contribution in [0.5, 0.6) is 0 Å². The first-order chi connectivity index (χ1) is 14.7. The van der Waals surface area contributed by atoms with Crippen LogP contribution in [-0.4, -0.2) is 38.4 Å². The maximum Gasteiger partial charge on any atom is 0.253 e. The van der Waals surface area contributed by atoms with Gasteiger partial charge in [0.25, 0.3) is 5.91 Å². The van der Waals surface area contributed by atoms with Crippen molar-refractivity contribution in [2.75, 3.05) is 13.1 Å². The smallest absolute Gasteiger partial charge is 0.253 e. The molecule has 2 aromatic heterocycles. The lowest BCUT2D eigenvalue weighted by Crippen LogP contribution is -2.38. The lowest BCUT2D eigenvalue weighted by atomic mass is 9.93. The Labute approximate surface area is 176 Å². The fraction of sp³-hybridized carbons (Fsp3) is 0.333. The highest BCUT2D eigenvalue weighted by atomic mass is 16.2. The topological polar surface area (TPSA) is 74.8 Å². The normalized spacial score (nSPS) is 14.5. The molecule has 1 aromatic carbocycles. The molecular weight excluding hydrogens is 374 g/mol. The number of pyridine rings is 1.